The number of hydrogen-bond acceptors (Lipinski definition) is 4. The molecule has 0 radical (unpaired) electrons. The summed E-state index contributed by atoms with van der Waals surface area (Å²) in [5.41, 5.74) is 0.884. The van der Waals surface area contributed by atoms with Crippen LogP contribution in [-0.4, -0.2) is 48.8 Å². The molecule has 0 bridgehead atoms. The molecule has 2 N–H and O–H groups in total. The molecule has 0 aliphatic carbocycles. The third-order valence-corrected chi connectivity index (χ3v) is 4.48. The van der Waals surface area contributed by atoms with Crippen LogP contribution in [0.5, 0.6) is 0 Å². The fraction of sp³-hybridized carbons (Fsp3) is 0.471. The van der Waals surface area contributed by atoms with E-state index in [2.05, 4.69) is 10.6 Å². The van der Waals surface area contributed by atoms with Gasteiger partial charge in [0.1, 0.15) is 0 Å². The second-order valence-corrected chi connectivity index (χ2v) is 6.05. The van der Waals surface area contributed by atoms with Gasteiger partial charge in [0.05, 0.1) is 11.1 Å². The molecule has 1 unspecified atom stereocenters. The predicted octanol–water partition coefficient (Wildman–Crippen LogP) is 0.789. The maximum absolute atomic E-state index is 12.2. The molecule has 1 aromatic rings. The van der Waals surface area contributed by atoms with Crippen LogP contribution in [0.2, 0.25) is 0 Å². The summed E-state index contributed by atoms with van der Waals surface area (Å²) in [6, 6.07) is 6.80. The highest BCUT2D eigenvalue weighted by atomic mass is 16.2. The molecule has 0 aromatic heterocycles. The Morgan fingerprint density at radius 2 is 1.91 bits per heavy atom. The van der Waals surface area contributed by atoms with Crippen LogP contribution in [0.15, 0.2) is 24.3 Å². The lowest BCUT2D eigenvalue weighted by Gasteiger charge is -2.14. The molecule has 1 aromatic carbocycles. The summed E-state index contributed by atoms with van der Waals surface area (Å²) in [5, 5.41) is 6.08. The van der Waals surface area contributed by atoms with Gasteiger partial charge in [0.2, 0.25) is 5.91 Å². The Labute approximate surface area is 135 Å². The highest BCUT2D eigenvalue weighted by Crippen LogP contribution is 2.21. The molecule has 122 valence electrons. The van der Waals surface area contributed by atoms with E-state index in [0.29, 0.717) is 30.0 Å². The standard InChI is InChI=1S/C17H21N3O3/c21-15(6-5-12-7-8-18-11-12)19-9-10-20-16(22)13-3-1-2-4-14(13)17(20)23/h1-4,12,18H,5-11H2,(H,19,21). The fourth-order valence-corrected chi connectivity index (χ4v) is 3.13. The number of benzene rings is 1. The number of carbonyl (C=O) groups excluding carboxylic acids is 3. The molecule has 0 saturated carbocycles. The van der Waals surface area contributed by atoms with Gasteiger partial charge in [-0.3, -0.25) is 19.3 Å². The first-order valence-corrected chi connectivity index (χ1v) is 8.09. The highest BCUT2D eigenvalue weighted by molar-refractivity contribution is 6.21. The smallest absolute Gasteiger partial charge is 0.261 e. The monoisotopic (exact) mass is 315 g/mol. The minimum absolute atomic E-state index is 0.0199. The van der Waals surface area contributed by atoms with Crippen LogP contribution in [0.1, 0.15) is 40.0 Å². The van der Waals surface area contributed by atoms with Crippen molar-refractivity contribution in [2.24, 2.45) is 5.92 Å². The summed E-state index contributed by atoms with van der Waals surface area (Å²) in [7, 11) is 0. The van der Waals surface area contributed by atoms with E-state index in [4.69, 9.17) is 0 Å². The number of nitrogens with zero attached hydrogens (tertiary/aromatic N) is 1. The molecule has 3 amide bonds. The third-order valence-electron chi connectivity index (χ3n) is 4.48. The lowest BCUT2D eigenvalue weighted by atomic mass is 10.0. The summed E-state index contributed by atoms with van der Waals surface area (Å²) in [6.45, 7) is 2.53. The molecule has 23 heavy (non-hydrogen) atoms. The van der Waals surface area contributed by atoms with Crippen molar-refractivity contribution in [1.82, 2.24) is 15.5 Å². The molecule has 6 heteroatoms. The summed E-state index contributed by atoms with van der Waals surface area (Å²) in [4.78, 5) is 37.4. The second-order valence-electron chi connectivity index (χ2n) is 6.05. The number of fused-ring (bicyclic) bond motifs is 1. The number of nitrogens with one attached hydrogen (secondary N) is 2. The van der Waals surface area contributed by atoms with Gasteiger partial charge in [-0.25, -0.2) is 0 Å². The minimum Gasteiger partial charge on any atom is -0.354 e. The first kappa shape index (κ1) is 15.7. The molecule has 2 aliphatic heterocycles. The number of rotatable bonds is 6. The van der Waals surface area contributed by atoms with E-state index in [9.17, 15) is 14.4 Å². The zero-order valence-electron chi connectivity index (χ0n) is 13.0. The molecule has 2 heterocycles. The third kappa shape index (κ3) is 3.42. The average Bonchev–Trinajstić information content (AvgIpc) is 3.16. The van der Waals surface area contributed by atoms with Crippen molar-refractivity contribution in [3.63, 3.8) is 0 Å². The van der Waals surface area contributed by atoms with Gasteiger partial charge in [0, 0.05) is 19.5 Å². The van der Waals surface area contributed by atoms with Crippen molar-refractivity contribution in [3.8, 4) is 0 Å². The lowest BCUT2D eigenvalue weighted by Crippen LogP contribution is -2.38. The van der Waals surface area contributed by atoms with E-state index in [1.165, 1.54) is 4.90 Å². The number of hydrogen-bond donors (Lipinski definition) is 2. The highest BCUT2D eigenvalue weighted by Gasteiger charge is 2.34. The molecule has 3 rings (SSSR count). The van der Waals surface area contributed by atoms with Crippen LogP contribution >= 0.6 is 0 Å². The number of carbonyl (C=O) groups is 3. The Bertz CT molecular complexity index is 588. The first-order chi connectivity index (χ1) is 11.2. The van der Waals surface area contributed by atoms with Gasteiger partial charge < -0.3 is 10.6 Å². The second kappa shape index (κ2) is 6.91. The van der Waals surface area contributed by atoms with Crippen molar-refractivity contribution in [2.75, 3.05) is 26.2 Å². The number of imide groups is 1. The maximum Gasteiger partial charge on any atom is 0.261 e. The van der Waals surface area contributed by atoms with E-state index in [1.54, 1.807) is 24.3 Å². The van der Waals surface area contributed by atoms with E-state index < -0.39 is 0 Å². The van der Waals surface area contributed by atoms with Crippen LogP contribution in [-0.2, 0) is 4.79 Å². The van der Waals surface area contributed by atoms with Crippen LogP contribution in [0.3, 0.4) is 0 Å². The largest absolute Gasteiger partial charge is 0.354 e. The molecule has 0 spiro atoms. The van der Waals surface area contributed by atoms with Crippen molar-refractivity contribution in [2.45, 2.75) is 19.3 Å². The lowest BCUT2D eigenvalue weighted by molar-refractivity contribution is -0.121. The van der Waals surface area contributed by atoms with E-state index in [-0.39, 0.29) is 24.3 Å². The Morgan fingerprint density at radius 3 is 2.52 bits per heavy atom. The van der Waals surface area contributed by atoms with Gasteiger partial charge in [0.15, 0.2) is 0 Å². The molecule has 1 atom stereocenters. The van der Waals surface area contributed by atoms with Crippen molar-refractivity contribution in [1.29, 1.82) is 0 Å². The fourth-order valence-electron chi connectivity index (χ4n) is 3.13. The molecular weight excluding hydrogens is 294 g/mol. The Morgan fingerprint density at radius 1 is 1.22 bits per heavy atom. The molecule has 1 saturated heterocycles. The topological polar surface area (TPSA) is 78.5 Å². The molecule has 2 aliphatic rings. The van der Waals surface area contributed by atoms with Gasteiger partial charge >= 0.3 is 0 Å². The quantitative estimate of drug-likeness (QED) is 0.761. The normalized spacial score (nSPS) is 20.0. The van der Waals surface area contributed by atoms with Crippen molar-refractivity contribution >= 4 is 17.7 Å². The Balaban J connectivity index is 1.43. The predicted molar refractivity (Wildman–Crippen MR) is 85.0 cm³/mol. The summed E-state index contributed by atoms with van der Waals surface area (Å²) < 4.78 is 0. The van der Waals surface area contributed by atoms with Gasteiger partial charge in [0.25, 0.3) is 11.8 Å². The molecule has 6 nitrogen and oxygen atoms in total. The SMILES string of the molecule is O=C(CCC1CCNC1)NCCN1C(=O)c2ccccc2C1=O. The van der Waals surface area contributed by atoms with Crippen LogP contribution in [0.25, 0.3) is 0 Å². The average molecular weight is 315 g/mol. The van der Waals surface area contributed by atoms with Crippen molar-refractivity contribution in [3.05, 3.63) is 35.4 Å². The molecule has 1 fully saturated rings. The molecular formula is C17H21N3O3. The van der Waals surface area contributed by atoms with Gasteiger partial charge in [-0.05, 0) is 44.0 Å². The van der Waals surface area contributed by atoms with Gasteiger partial charge in [-0.1, -0.05) is 12.1 Å². The zero-order chi connectivity index (χ0) is 16.2. The maximum atomic E-state index is 12.2. The first-order valence-electron chi connectivity index (χ1n) is 8.09. The van der Waals surface area contributed by atoms with Crippen LogP contribution in [0, 0.1) is 5.92 Å². The van der Waals surface area contributed by atoms with E-state index in [0.717, 1.165) is 25.9 Å². The van der Waals surface area contributed by atoms with Crippen LogP contribution in [0.4, 0.5) is 0 Å². The van der Waals surface area contributed by atoms with E-state index in [1.807, 2.05) is 0 Å². The minimum atomic E-state index is -0.281. The van der Waals surface area contributed by atoms with Gasteiger partial charge in [-0.2, -0.15) is 0 Å². The van der Waals surface area contributed by atoms with E-state index >= 15 is 0 Å². The summed E-state index contributed by atoms with van der Waals surface area (Å²) in [5.74, 6) is -0.000691. The number of amides is 3. The van der Waals surface area contributed by atoms with Crippen molar-refractivity contribution < 1.29 is 14.4 Å². The Hall–Kier alpha value is -2.21. The summed E-state index contributed by atoms with van der Waals surface area (Å²) >= 11 is 0. The zero-order valence-corrected chi connectivity index (χ0v) is 13.0. The van der Waals surface area contributed by atoms with Crippen LogP contribution < -0.4 is 10.6 Å². The Kier molecular flexibility index (Phi) is 4.71. The summed E-state index contributed by atoms with van der Waals surface area (Å²) in [6.07, 6.45) is 2.50. The van der Waals surface area contributed by atoms with Gasteiger partial charge in [-0.15, -0.1) is 0 Å².